The highest BCUT2D eigenvalue weighted by molar-refractivity contribution is 9.11. The first kappa shape index (κ1) is 17.3. The van der Waals surface area contributed by atoms with E-state index in [-0.39, 0.29) is 16.9 Å². The number of halogens is 1. The highest BCUT2D eigenvalue weighted by atomic mass is 79.9. The molecule has 0 saturated heterocycles. The molecule has 1 heterocycles. The van der Waals surface area contributed by atoms with E-state index in [9.17, 15) is 8.42 Å². The highest BCUT2D eigenvalue weighted by Gasteiger charge is 2.19. The van der Waals surface area contributed by atoms with E-state index in [1.54, 1.807) is 50.4 Å². The van der Waals surface area contributed by atoms with Crippen LogP contribution in [0.2, 0.25) is 0 Å². The van der Waals surface area contributed by atoms with Crippen molar-refractivity contribution < 1.29 is 17.9 Å². The maximum atomic E-state index is 12.2. The lowest BCUT2D eigenvalue weighted by Gasteiger charge is -2.14. The lowest BCUT2D eigenvalue weighted by Crippen LogP contribution is -2.36. The monoisotopic (exact) mass is 405 g/mol. The molecule has 0 aliphatic carbocycles. The van der Waals surface area contributed by atoms with Crippen LogP contribution in [0.5, 0.6) is 11.5 Å². The Labute approximate surface area is 142 Å². The van der Waals surface area contributed by atoms with Gasteiger partial charge in [0.25, 0.3) is 0 Å². The van der Waals surface area contributed by atoms with E-state index in [1.807, 2.05) is 0 Å². The Balaban J connectivity index is 1.90. The van der Waals surface area contributed by atoms with Crippen molar-refractivity contribution in [2.45, 2.75) is 17.2 Å². The SMILES string of the molecule is COc1ccc(OCC(C)NS(=O)(=O)c2ccc(Br)s2)cc1. The van der Waals surface area contributed by atoms with E-state index < -0.39 is 10.0 Å². The first-order valence-corrected chi connectivity index (χ1v) is 9.54. The zero-order valence-corrected chi connectivity index (χ0v) is 15.3. The van der Waals surface area contributed by atoms with Crippen LogP contribution in [-0.2, 0) is 10.0 Å². The third kappa shape index (κ3) is 4.70. The molecule has 1 atom stereocenters. The van der Waals surface area contributed by atoms with Crippen LogP contribution in [0.1, 0.15) is 6.92 Å². The fraction of sp³-hybridized carbons (Fsp3) is 0.286. The molecular formula is C14H16BrNO4S2. The minimum absolute atomic E-state index is 0.234. The summed E-state index contributed by atoms with van der Waals surface area (Å²) in [4.78, 5) is 0. The van der Waals surface area contributed by atoms with Gasteiger partial charge in [-0.25, -0.2) is 13.1 Å². The maximum Gasteiger partial charge on any atom is 0.250 e. The minimum Gasteiger partial charge on any atom is -0.497 e. The molecule has 0 aliphatic rings. The van der Waals surface area contributed by atoms with Crippen molar-refractivity contribution in [3.8, 4) is 11.5 Å². The van der Waals surface area contributed by atoms with Gasteiger partial charge in [0, 0.05) is 0 Å². The van der Waals surface area contributed by atoms with Gasteiger partial charge in [0.1, 0.15) is 22.3 Å². The molecule has 22 heavy (non-hydrogen) atoms. The number of benzene rings is 1. The van der Waals surface area contributed by atoms with Crippen LogP contribution < -0.4 is 14.2 Å². The molecule has 2 rings (SSSR count). The van der Waals surface area contributed by atoms with Crippen molar-refractivity contribution in [2.24, 2.45) is 0 Å². The first-order chi connectivity index (χ1) is 10.4. The summed E-state index contributed by atoms with van der Waals surface area (Å²) < 4.78 is 38.6. The van der Waals surface area contributed by atoms with Crippen LogP contribution >= 0.6 is 27.3 Å². The van der Waals surface area contributed by atoms with Gasteiger partial charge >= 0.3 is 0 Å². The Bertz CT molecular complexity index is 713. The molecule has 0 aliphatic heterocycles. The zero-order chi connectivity index (χ0) is 16.2. The topological polar surface area (TPSA) is 64.6 Å². The fourth-order valence-corrected chi connectivity index (χ4v) is 4.95. The van der Waals surface area contributed by atoms with Gasteiger partial charge in [-0.05, 0) is 59.3 Å². The fourth-order valence-electron chi connectivity index (χ4n) is 1.69. The Hall–Kier alpha value is -1.09. The van der Waals surface area contributed by atoms with Crippen LogP contribution in [0.3, 0.4) is 0 Å². The van der Waals surface area contributed by atoms with Crippen LogP contribution in [0.25, 0.3) is 0 Å². The summed E-state index contributed by atoms with van der Waals surface area (Å²) in [5.41, 5.74) is 0. The second-order valence-electron chi connectivity index (χ2n) is 4.57. The standard InChI is InChI=1S/C14H16BrNO4S2/c1-10(9-20-12-5-3-11(19-2)4-6-12)16-22(17,18)14-8-7-13(15)21-14/h3-8,10,16H,9H2,1-2H3. The van der Waals surface area contributed by atoms with Crippen molar-refractivity contribution in [2.75, 3.05) is 13.7 Å². The molecule has 1 aromatic carbocycles. The van der Waals surface area contributed by atoms with Gasteiger partial charge in [-0.1, -0.05) is 0 Å². The quantitative estimate of drug-likeness (QED) is 0.767. The van der Waals surface area contributed by atoms with Crippen molar-refractivity contribution in [1.82, 2.24) is 4.72 Å². The number of hydrogen-bond donors (Lipinski definition) is 1. The van der Waals surface area contributed by atoms with Crippen molar-refractivity contribution in [3.05, 3.63) is 40.2 Å². The number of hydrogen-bond acceptors (Lipinski definition) is 5. The second kappa shape index (κ2) is 7.45. The number of nitrogens with one attached hydrogen (secondary N) is 1. The van der Waals surface area contributed by atoms with Gasteiger partial charge in [0.05, 0.1) is 16.9 Å². The van der Waals surface area contributed by atoms with Gasteiger partial charge in [0.2, 0.25) is 10.0 Å². The second-order valence-corrected chi connectivity index (χ2v) is 8.97. The maximum absolute atomic E-state index is 12.2. The van der Waals surface area contributed by atoms with Crippen LogP contribution in [-0.4, -0.2) is 28.2 Å². The summed E-state index contributed by atoms with van der Waals surface area (Å²) in [6.07, 6.45) is 0. The predicted octanol–water partition coefficient (Wildman–Crippen LogP) is 3.27. The molecule has 1 aromatic heterocycles. The molecule has 1 unspecified atom stereocenters. The number of ether oxygens (including phenoxy) is 2. The normalized spacial score (nSPS) is 12.9. The van der Waals surface area contributed by atoms with Gasteiger partial charge in [-0.2, -0.15) is 0 Å². The average Bonchev–Trinajstić information content (AvgIpc) is 2.93. The number of rotatable bonds is 7. The van der Waals surface area contributed by atoms with Crippen LogP contribution in [0.4, 0.5) is 0 Å². The van der Waals surface area contributed by atoms with Crippen molar-refractivity contribution in [1.29, 1.82) is 0 Å². The predicted molar refractivity (Wildman–Crippen MR) is 90.3 cm³/mol. The lowest BCUT2D eigenvalue weighted by atomic mass is 10.3. The van der Waals surface area contributed by atoms with Crippen molar-refractivity contribution >= 4 is 37.3 Å². The Morgan fingerprint density at radius 2 is 1.82 bits per heavy atom. The summed E-state index contributed by atoms with van der Waals surface area (Å²) in [6, 6.07) is 10.0. The molecule has 0 fully saturated rings. The molecule has 0 saturated carbocycles. The third-order valence-electron chi connectivity index (χ3n) is 2.73. The molecule has 0 radical (unpaired) electrons. The van der Waals surface area contributed by atoms with Gasteiger partial charge in [-0.15, -0.1) is 11.3 Å². The Morgan fingerprint density at radius 3 is 2.36 bits per heavy atom. The smallest absolute Gasteiger partial charge is 0.250 e. The van der Waals surface area contributed by atoms with E-state index in [0.29, 0.717) is 5.75 Å². The van der Waals surface area contributed by atoms with Crippen LogP contribution in [0.15, 0.2) is 44.4 Å². The number of thiophene rings is 1. The summed E-state index contributed by atoms with van der Waals surface area (Å²) in [7, 11) is -1.92. The molecule has 2 aromatic rings. The lowest BCUT2D eigenvalue weighted by molar-refractivity contribution is 0.287. The molecule has 8 heteroatoms. The van der Waals surface area contributed by atoms with Gasteiger partial charge < -0.3 is 9.47 Å². The molecule has 1 N–H and O–H groups in total. The van der Waals surface area contributed by atoms with E-state index in [0.717, 1.165) is 9.54 Å². The number of sulfonamides is 1. The summed E-state index contributed by atoms with van der Waals surface area (Å²) >= 11 is 4.42. The van der Waals surface area contributed by atoms with E-state index in [2.05, 4.69) is 20.7 Å². The molecule has 5 nitrogen and oxygen atoms in total. The van der Waals surface area contributed by atoms with Crippen LogP contribution in [0, 0.1) is 0 Å². The van der Waals surface area contributed by atoms with Crippen molar-refractivity contribution in [3.63, 3.8) is 0 Å². The minimum atomic E-state index is -3.52. The highest BCUT2D eigenvalue weighted by Crippen LogP contribution is 2.26. The molecule has 0 bridgehead atoms. The zero-order valence-electron chi connectivity index (χ0n) is 12.1. The number of methoxy groups -OCH3 is 1. The summed E-state index contributed by atoms with van der Waals surface area (Å²) in [5, 5.41) is 0. The first-order valence-electron chi connectivity index (χ1n) is 6.45. The molecule has 0 spiro atoms. The van der Waals surface area contributed by atoms with Gasteiger partial charge in [-0.3, -0.25) is 0 Å². The van der Waals surface area contributed by atoms with Gasteiger partial charge in [0.15, 0.2) is 0 Å². The average molecular weight is 406 g/mol. The summed E-state index contributed by atoms with van der Waals surface area (Å²) in [6.45, 7) is 1.99. The molecule has 120 valence electrons. The molecule has 0 amide bonds. The Morgan fingerprint density at radius 1 is 1.18 bits per heavy atom. The summed E-state index contributed by atoms with van der Waals surface area (Å²) in [5.74, 6) is 1.40. The largest absolute Gasteiger partial charge is 0.497 e. The third-order valence-corrected chi connectivity index (χ3v) is 6.43. The van der Waals surface area contributed by atoms with E-state index in [1.165, 1.54) is 11.3 Å². The Kier molecular flexibility index (Phi) is 5.85. The van der Waals surface area contributed by atoms with E-state index in [4.69, 9.17) is 9.47 Å². The molecular weight excluding hydrogens is 390 g/mol. The van der Waals surface area contributed by atoms with E-state index >= 15 is 0 Å².